The molecule has 0 aliphatic rings. The van der Waals surface area contributed by atoms with Gasteiger partial charge in [-0.1, -0.05) is 36.4 Å². The predicted octanol–water partition coefficient (Wildman–Crippen LogP) is 6.77. The van der Waals surface area contributed by atoms with Crippen LogP contribution >= 0.6 is 0 Å². The van der Waals surface area contributed by atoms with E-state index in [2.05, 4.69) is 21.3 Å². The standard InChI is InChI=1S/C26H22N4O3/c31-25(27-19-7-3-1-4-8-19)29-21-11-15-23(16-12-21)33-24-17-13-22(14-18-24)30-26(32)28-20-9-5-2-6-10-20/h1-18H,(H2,27,29,31)(H2,28,30,32). The van der Waals surface area contributed by atoms with Gasteiger partial charge in [0, 0.05) is 22.7 Å². The van der Waals surface area contributed by atoms with Crippen molar-refractivity contribution in [3.05, 3.63) is 109 Å². The number of hydrogen-bond donors (Lipinski definition) is 4. The van der Waals surface area contributed by atoms with Gasteiger partial charge < -0.3 is 26.0 Å². The number of carbonyl (C=O) groups excluding carboxylic acids is 2. The van der Waals surface area contributed by atoms with Gasteiger partial charge in [0.15, 0.2) is 0 Å². The van der Waals surface area contributed by atoms with E-state index in [0.29, 0.717) is 34.2 Å². The minimum Gasteiger partial charge on any atom is -0.457 e. The van der Waals surface area contributed by atoms with Gasteiger partial charge in [-0.15, -0.1) is 0 Å². The van der Waals surface area contributed by atoms with Gasteiger partial charge in [-0.05, 0) is 72.8 Å². The number of benzene rings is 4. The van der Waals surface area contributed by atoms with Crippen molar-refractivity contribution in [3.8, 4) is 11.5 Å². The number of para-hydroxylation sites is 2. The van der Waals surface area contributed by atoms with Crippen molar-refractivity contribution in [2.75, 3.05) is 21.3 Å². The lowest BCUT2D eigenvalue weighted by molar-refractivity contribution is 0.261. The van der Waals surface area contributed by atoms with E-state index in [1.807, 2.05) is 60.7 Å². The average molecular weight is 438 g/mol. The zero-order chi connectivity index (χ0) is 22.9. The number of rotatable bonds is 6. The Hall–Kier alpha value is -4.78. The monoisotopic (exact) mass is 438 g/mol. The molecular formula is C26H22N4O3. The van der Waals surface area contributed by atoms with Gasteiger partial charge in [0.05, 0.1) is 0 Å². The minimum atomic E-state index is -0.325. The van der Waals surface area contributed by atoms with Gasteiger partial charge in [0.2, 0.25) is 0 Å². The summed E-state index contributed by atoms with van der Waals surface area (Å²) >= 11 is 0. The third-order valence-corrected chi connectivity index (χ3v) is 4.52. The lowest BCUT2D eigenvalue weighted by Crippen LogP contribution is -2.19. The van der Waals surface area contributed by atoms with E-state index >= 15 is 0 Å². The minimum absolute atomic E-state index is 0.325. The second-order valence-electron chi connectivity index (χ2n) is 7.04. The Morgan fingerprint density at radius 1 is 0.424 bits per heavy atom. The van der Waals surface area contributed by atoms with E-state index in [4.69, 9.17) is 4.74 Å². The van der Waals surface area contributed by atoms with Crippen LogP contribution in [0.2, 0.25) is 0 Å². The third kappa shape index (κ3) is 6.60. The van der Waals surface area contributed by atoms with E-state index in [1.165, 1.54) is 0 Å². The molecule has 0 radical (unpaired) electrons. The summed E-state index contributed by atoms with van der Waals surface area (Å²) in [5.41, 5.74) is 2.70. The van der Waals surface area contributed by atoms with E-state index < -0.39 is 0 Å². The highest BCUT2D eigenvalue weighted by Gasteiger charge is 2.05. The van der Waals surface area contributed by atoms with Gasteiger partial charge in [-0.3, -0.25) is 0 Å². The van der Waals surface area contributed by atoms with Crippen LogP contribution in [0.4, 0.5) is 32.3 Å². The van der Waals surface area contributed by atoms with Crippen molar-refractivity contribution in [3.63, 3.8) is 0 Å². The van der Waals surface area contributed by atoms with Crippen LogP contribution in [0.5, 0.6) is 11.5 Å². The summed E-state index contributed by atoms with van der Waals surface area (Å²) in [5, 5.41) is 11.1. The molecule has 0 aliphatic carbocycles. The lowest BCUT2D eigenvalue weighted by atomic mass is 10.3. The maximum absolute atomic E-state index is 12.1. The number of urea groups is 2. The molecular weight excluding hydrogens is 416 g/mol. The maximum atomic E-state index is 12.1. The first-order valence-corrected chi connectivity index (χ1v) is 10.3. The topological polar surface area (TPSA) is 91.5 Å². The van der Waals surface area contributed by atoms with E-state index in [1.54, 1.807) is 48.5 Å². The van der Waals surface area contributed by atoms with Crippen LogP contribution in [-0.2, 0) is 0 Å². The van der Waals surface area contributed by atoms with Crippen LogP contribution in [0, 0.1) is 0 Å². The number of anilines is 4. The molecule has 0 saturated heterocycles. The van der Waals surface area contributed by atoms with Crippen molar-refractivity contribution < 1.29 is 14.3 Å². The van der Waals surface area contributed by atoms with Crippen molar-refractivity contribution in [1.82, 2.24) is 0 Å². The van der Waals surface area contributed by atoms with Crippen molar-refractivity contribution >= 4 is 34.8 Å². The predicted molar refractivity (Wildman–Crippen MR) is 131 cm³/mol. The number of hydrogen-bond acceptors (Lipinski definition) is 3. The first-order chi connectivity index (χ1) is 16.1. The first-order valence-electron chi connectivity index (χ1n) is 10.3. The molecule has 0 unspecified atom stereocenters. The number of amides is 4. The fourth-order valence-corrected chi connectivity index (χ4v) is 2.98. The Kier molecular flexibility index (Phi) is 6.82. The Balaban J connectivity index is 1.27. The molecule has 0 atom stereocenters. The quantitative estimate of drug-likeness (QED) is 0.268. The highest BCUT2D eigenvalue weighted by Crippen LogP contribution is 2.24. The maximum Gasteiger partial charge on any atom is 0.323 e. The van der Waals surface area contributed by atoms with Crippen LogP contribution in [0.25, 0.3) is 0 Å². The highest BCUT2D eigenvalue weighted by molar-refractivity contribution is 6.00. The Bertz CT molecular complexity index is 1100. The molecule has 0 saturated carbocycles. The normalized spacial score (nSPS) is 10.1. The zero-order valence-corrected chi connectivity index (χ0v) is 17.6. The van der Waals surface area contributed by atoms with Gasteiger partial charge in [-0.25, -0.2) is 9.59 Å². The molecule has 7 nitrogen and oxygen atoms in total. The van der Waals surface area contributed by atoms with Crippen LogP contribution in [-0.4, -0.2) is 12.1 Å². The molecule has 0 fully saturated rings. The van der Waals surface area contributed by atoms with Crippen LogP contribution in [0.1, 0.15) is 0 Å². The number of ether oxygens (including phenoxy) is 1. The van der Waals surface area contributed by atoms with E-state index in [9.17, 15) is 9.59 Å². The summed E-state index contributed by atoms with van der Waals surface area (Å²) in [4.78, 5) is 24.2. The number of carbonyl (C=O) groups is 2. The molecule has 33 heavy (non-hydrogen) atoms. The molecule has 4 aromatic carbocycles. The number of nitrogens with one attached hydrogen (secondary N) is 4. The molecule has 7 heteroatoms. The fraction of sp³-hybridized carbons (Fsp3) is 0. The third-order valence-electron chi connectivity index (χ3n) is 4.52. The Labute approximate surface area is 191 Å². The summed E-state index contributed by atoms with van der Waals surface area (Å²) in [6, 6.07) is 31.8. The molecule has 0 spiro atoms. The van der Waals surface area contributed by atoms with Crippen LogP contribution in [0.3, 0.4) is 0 Å². The molecule has 0 aromatic heterocycles. The van der Waals surface area contributed by atoms with Gasteiger partial charge in [-0.2, -0.15) is 0 Å². The molecule has 0 bridgehead atoms. The molecule has 4 aromatic rings. The first kappa shape index (κ1) is 21.5. The summed E-state index contributed by atoms with van der Waals surface area (Å²) in [5.74, 6) is 1.23. The van der Waals surface area contributed by atoms with Crippen molar-refractivity contribution in [2.45, 2.75) is 0 Å². The Morgan fingerprint density at radius 2 is 0.727 bits per heavy atom. The SMILES string of the molecule is O=C(Nc1ccccc1)Nc1ccc(Oc2ccc(NC(=O)Nc3ccccc3)cc2)cc1. The van der Waals surface area contributed by atoms with Crippen LogP contribution < -0.4 is 26.0 Å². The molecule has 0 heterocycles. The summed E-state index contributed by atoms with van der Waals surface area (Å²) < 4.78 is 5.83. The highest BCUT2D eigenvalue weighted by atomic mass is 16.5. The summed E-state index contributed by atoms with van der Waals surface area (Å²) in [6.45, 7) is 0. The molecule has 0 aliphatic heterocycles. The fourth-order valence-electron chi connectivity index (χ4n) is 2.98. The largest absolute Gasteiger partial charge is 0.457 e. The van der Waals surface area contributed by atoms with Gasteiger partial charge >= 0.3 is 12.1 Å². The Morgan fingerprint density at radius 3 is 1.06 bits per heavy atom. The van der Waals surface area contributed by atoms with Gasteiger partial charge in [0.1, 0.15) is 11.5 Å². The van der Waals surface area contributed by atoms with Crippen LogP contribution in [0.15, 0.2) is 109 Å². The molecule has 4 rings (SSSR count). The second-order valence-corrected chi connectivity index (χ2v) is 7.04. The second kappa shape index (κ2) is 10.5. The van der Waals surface area contributed by atoms with E-state index in [-0.39, 0.29) is 12.1 Å². The average Bonchev–Trinajstić information content (AvgIpc) is 2.83. The van der Waals surface area contributed by atoms with Gasteiger partial charge in [0.25, 0.3) is 0 Å². The van der Waals surface area contributed by atoms with Crippen molar-refractivity contribution in [2.24, 2.45) is 0 Å². The molecule has 4 N–H and O–H groups in total. The zero-order valence-electron chi connectivity index (χ0n) is 17.6. The summed E-state index contributed by atoms with van der Waals surface area (Å²) in [6.07, 6.45) is 0. The summed E-state index contributed by atoms with van der Waals surface area (Å²) in [7, 11) is 0. The molecule has 164 valence electrons. The molecule has 4 amide bonds. The van der Waals surface area contributed by atoms with Crippen molar-refractivity contribution in [1.29, 1.82) is 0 Å². The lowest BCUT2D eigenvalue weighted by Gasteiger charge is -2.10. The smallest absolute Gasteiger partial charge is 0.323 e. The van der Waals surface area contributed by atoms with E-state index in [0.717, 1.165) is 0 Å².